The average Bonchev–Trinajstić information content (AvgIpc) is 2.43. The van der Waals surface area contributed by atoms with Crippen molar-refractivity contribution in [3.8, 4) is 5.88 Å². The highest BCUT2D eigenvalue weighted by Crippen LogP contribution is 2.23. The number of pyridine rings is 1. The highest BCUT2D eigenvalue weighted by atomic mass is 16.5. The van der Waals surface area contributed by atoms with E-state index in [-0.39, 0.29) is 6.61 Å². The molecule has 0 radical (unpaired) electrons. The van der Waals surface area contributed by atoms with Crippen molar-refractivity contribution < 1.29 is 9.84 Å². The first-order chi connectivity index (χ1) is 9.24. The Bertz CT molecular complexity index is 406. The van der Waals surface area contributed by atoms with Gasteiger partial charge in [0.25, 0.3) is 0 Å². The normalized spacial score (nSPS) is 16.6. The van der Waals surface area contributed by atoms with E-state index in [1.807, 2.05) is 19.1 Å². The van der Waals surface area contributed by atoms with E-state index in [2.05, 4.69) is 14.8 Å². The van der Waals surface area contributed by atoms with Gasteiger partial charge in [-0.3, -0.25) is 4.90 Å². The van der Waals surface area contributed by atoms with Crippen LogP contribution in [0.4, 0.5) is 11.5 Å². The monoisotopic (exact) mass is 266 g/mol. The van der Waals surface area contributed by atoms with Crippen molar-refractivity contribution >= 4 is 11.5 Å². The molecule has 1 aliphatic heterocycles. The number of piperazine rings is 1. The highest BCUT2D eigenvalue weighted by molar-refractivity contribution is 5.54. The van der Waals surface area contributed by atoms with Crippen molar-refractivity contribution in [3.63, 3.8) is 0 Å². The lowest BCUT2D eigenvalue weighted by atomic mass is 10.3. The van der Waals surface area contributed by atoms with Gasteiger partial charge < -0.3 is 20.5 Å². The number of β-amino-alcohol motifs (C(OH)–C–C–N with tert-alkyl or cyclic N) is 1. The lowest BCUT2D eigenvalue weighted by Gasteiger charge is -2.35. The molecule has 6 heteroatoms. The van der Waals surface area contributed by atoms with E-state index in [4.69, 9.17) is 15.6 Å². The fourth-order valence-corrected chi connectivity index (χ4v) is 2.21. The number of rotatable bonds is 5. The van der Waals surface area contributed by atoms with Crippen LogP contribution in [0.1, 0.15) is 6.92 Å². The van der Waals surface area contributed by atoms with Gasteiger partial charge in [0.15, 0.2) is 0 Å². The first kappa shape index (κ1) is 13.9. The van der Waals surface area contributed by atoms with E-state index in [1.165, 1.54) is 0 Å². The van der Waals surface area contributed by atoms with Crippen LogP contribution < -0.4 is 15.4 Å². The summed E-state index contributed by atoms with van der Waals surface area (Å²) in [6.45, 7) is 7.13. The van der Waals surface area contributed by atoms with E-state index >= 15 is 0 Å². The minimum absolute atomic E-state index is 0.217. The third kappa shape index (κ3) is 3.48. The predicted octanol–water partition coefficient (Wildman–Crippen LogP) is 0.177. The zero-order valence-electron chi connectivity index (χ0n) is 11.4. The topological polar surface area (TPSA) is 74.8 Å². The largest absolute Gasteiger partial charge is 0.476 e. The zero-order valence-corrected chi connectivity index (χ0v) is 11.4. The lowest BCUT2D eigenvalue weighted by Crippen LogP contribution is -2.47. The van der Waals surface area contributed by atoms with Crippen LogP contribution in [-0.4, -0.2) is 60.9 Å². The molecule has 0 unspecified atom stereocenters. The number of hydrogen-bond donors (Lipinski definition) is 2. The molecule has 0 bridgehead atoms. The molecule has 1 fully saturated rings. The molecule has 1 saturated heterocycles. The quantitative estimate of drug-likeness (QED) is 0.792. The molecular weight excluding hydrogens is 244 g/mol. The van der Waals surface area contributed by atoms with E-state index in [9.17, 15) is 0 Å². The second kappa shape index (κ2) is 6.58. The highest BCUT2D eigenvalue weighted by Gasteiger charge is 2.18. The summed E-state index contributed by atoms with van der Waals surface area (Å²) >= 11 is 0. The summed E-state index contributed by atoms with van der Waals surface area (Å²) in [6, 6.07) is 3.77. The Kier molecular flexibility index (Phi) is 4.81. The Hall–Kier alpha value is -1.53. The average molecular weight is 266 g/mol. The third-order valence-corrected chi connectivity index (χ3v) is 3.27. The SMILES string of the molecule is CCOc1nc(N2CCN(CCO)CC2)ccc1N. The lowest BCUT2D eigenvalue weighted by molar-refractivity contribution is 0.188. The van der Waals surface area contributed by atoms with Crippen LogP contribution in [0.2, 0.25) is 0 Å². The van der Waals surface area contributed by atoms with Crippen LogP contribution in [0, 0.1) is 0 Å². The Morgan fingerprint density at radius 3 is 2.68 bits per heavy atom. The maximum absolute atomic E-state index is 8.93. The molecule has 6 nitrogen and oxygen atoms in total. The van der Waals surface area contributed by atoms with Gasteiger partial charge in [0.2, 0.25) is 5.88 Å². The Balaban J connectivity index is 2.01. The Morgan fingerprint density at radius 2 is 2.05 bits per heavy atom. The molecular formula is C13H22N4O2. The molecule has 2 rings (SSSR count). The third-order valence-electron chi connectivity index (χ3n) is 3.27. The number of hydrogen-bond acceptors (Lipinski definition) is 6. The molecule has 0 spiro atoms. The maximum Gasteiger partial charge on any atom is 0.239 e. The van der Waals surface area contributed by atoms with Crippen molar-refractivity contribution in [2.24, 2.45) is 0 Å². The van der Waals surface area contributed by atoms with Crippen molar-refractivity contribution in [3.05, 3.63) is 12.1 Å². The van der Waals surface area contributed by atoms with Crippen LogP contribution in [0.3, 0.4) is 0 Å². The van der Waals surface area contributed by atoms with Crippen molar-refractivity contribution in [2.75, 3.05) is 56.6 Å². The van der Waals surface area contributed by atoms with E-state index in [0.29, 0.717) is 18.2 Å². The summed E-state index contributed by atoms with van der Waals surface area (Å²) in [6.07, 6.45) is 0. The molecule has 0 aliphatic carbocycles. The van der Waals surface area contributed by atoms with Gasteiger partial charge in [-0.15, -0.1) is 0 Å². The Labute approximate surface area is 113 Å². The summed E-state index contributed by atoms with van der Waals surface area (Å²) in [4.78, 5) is 8.93. The van der Waals surface area contributed by atoms with Crippen molar-refractivity contribution in [1.82, 2.24) is 9.88 Å². The van der Waals surface area contributed by atoms with E-state index in [0.717, 1.165) is 38.5 Å². The van der Waals surface area contributed by atoms with Crippen molar-refractivity contribution in [1.29, 1.82) is 0 Å². The number of aliphatic hydroxyl groups is 1. The number of ether oxygens (including phenoxy) is 1. The van der Waals surface area contributed by atoms with Crippen LogP contribution >= 0.6 is 0 Å². The molecule has 0 amide bonds. The fourth-order valence-electron chi connectivity index (χ4n) is 2.21. The minimum Gasteiger partial charge on any atom is -0.476 e. The summed E-state index contributed by atoms with van der Waals surface area (Å²) in [5, 5.41) is 8.93. The number of anilines is 2. The fraction of sp³-hybridized carbons (Fsp3) is 0.615. The Morgan fingerprint density at radius 1 is 1.32 bits per heavy atom. The van der Waals surface area contributed by atoms with Gasteiger partial charge in [-0.05, 0) is 19.1 Å². The first-order valence-corrected chi connectivity index (χ1v) is 6.72. The van der Waals surface area contributed by atoms with Gasteiger partial charge in [0, 0.05) is 32.7 Å². The summed E-state index contributed by atoms with van der Waals surface area (Å²) < 4.78 is 5.42. The van der Waals surface area contributed by atoms with Gasteiger partial charge in [-0.2, -0.15) is 4.98 Å². The molecule has 1 aliphatic rings. The van der Waals surface area contributed by atoms with Crippen LogP contribution in [-0.2, 0) is 0 Å². The summed E-state index contributed by atoms with van der Waals surface area (Å²) in [5.41, 5.74) is 6.40. The second-order valence-corrected chi connectivity index (χ2v) is 4.55. The standard InChI is InChI=1S/C13H22N4O2/c1-2-19-13-11(14)3-4-12(15-13)17-7-5-16(6-8-17)9-10-18/h3-4,18H,2,5-10,14H2,1H3. The number of nitrogen functional groups attached to an aromatic ring is 1. The molecule has 0 saturated carbocycles. The molecule has 0 atom stereocenters. The van der Waals surface area contributed by atoms with Gasteiger partial charge in [-0.25, -0.2) is 0 Å². The molecule has 1 aromatic rings. The van der Waals surface area contributed by atoms with Crippen LogP contribution in [0.5, 0.6) is 5.88 Å². The number of aromatic nitrogens is 1. The zero-order chi connectivity index (χ0) is 13.7. The molecule has 19 heavy (non-hydrogen) atoms. The van der Waals surface area contributed by atoms with E-state index in [1.54, 1.807) is 0 Å². The number of nitrogens with two attached hydrogens (primary N) is 1. The first-order valence-electron chi connectivity index (χ1n) is 6.72. The smallest absolute Gasteiger partial charge is 0.239 e. The minimum atomic E-state index is 0.217. The summed E-state index contributed by atoms with van der Waals surface area (Å²) in [5.74, 6) is 1.42. The molecule has 1 aromatic heterocycles. The predicted molar refractivity (Wildman–Crippen MR) is 75.6 cm³/mol. The van der Waals surface area contributed by atoms with Crippen molar-refractivity contribution in [2.45, 2.75) is 6.92 Å². The number of nitrogens with zero attached hydrogens (tertiary/aromatic N) is 3. The summed E-state index contributed by atoms with van der Waals surface area (Å²) in [7, 11) is 0. The van der Waals surface area contributed by atoms with Gasteiger partial charge in [0.05, 0.1) is 18.9 Å². The van der Waals surface area contributed by atoms with E-state index < -0.39 is 0 Å². The number of aliphatic hydroxyl groups excluding tert-OH is 1. The van der Waals surface area contributed by atoms with Crippen LogP contribution in [0.15, 0.2) is 12.1 Å². The van der Waals surface area contributed by atoms with Gasteiger partial charge >= 0.3 is 0 Å². The molecule has 2 heterocycles. The van der Waals surface area contributed by atoms with Gasteiger partial charge in [0.1, 0.15) is 5.82 Å². The maximum atomic E-state index is 8.93. The molecule has 3 N–H and O–H groups in total. The second-order valence-electron chi connectivity index (χ2n) is 4.55. The van der Waals surface area contributed by atoms with Crippen LogP contribution in [0.25, 0.3) is 0 Å². The molecule has 0 aromatic carbocycles. The molecule has 106 valence electrons. The van der Waals surface area contributed by atoms with Gasteiger partial charge in [-0.1, -0.05) is 0 Å².